The van der Waals surface area contributed by atoms with Gasteiger partial charge in [-0.25, -0.2) is 4.98 Å². The number of rotatable bonds is 2. The van der Waals surface area contributed by atoms with Crippen LogP contribution in [-0.4, -0.2) is 4.98 Å². The number of hydrogen-bond acceptors (Lipinski definition) is 3. The number of aromatic nitrogens is 1. The van der Waals surface area contributed by atoms with E-state index in [2.05, 4.69) is 20.9 Å². The molecule has 94 valence electrons. The van der Waals surface area contributed by atoms with Crippen molar-refractivity contribution in [1.29, 1.82) is 0 Å². The second-order valence-corrected chi connectivity index (χ2v) is 5.04. The lowest BCUT2D eigenvalue weighted by atomic mass is 10.2. The van der Waals surface area contributed by atoms with E-state index in [0.717, 1.165) is 15.4 Å². The summed E-state index contributed by atoms with van der Waals surface area (Å²) in [5.74, 6) is 1.14. The van der Waals surface area contributed by atoms with Crippen LogP contribution in [0.15, 0.2) is 59.1 Å². The monoisotopic (exact) mass is 314 g/mol. The van der Waals surface area contributed by atoms with Crippen molar-refractivity contribution in [2.45, 2.75) is 0 Å². The maximum absolute atomic E-state index is 5.90. The highest BCUT2D eigenvalue weighted by atomic mass is 79.9. The normalized spacial score (nSPS) is 10.6. The lowest BCUT2D eigenvalue weighted by molar-refractivity contribution is 0.467. The van der Waals surface area contributed by atoms with Gasteiger partial charge in [-0.1, -0.05) is 34.1 Å². The molecule has 19 heavy (non-hydrogen) atoms. The van der Waals surface area contributed by atoms with Crippen molar-refractivity contribution in [2.75, 3.05) is 5.73 Å². The molecule has 0 saturated carbocycles. The van der Waals surface area contributed by atoms with Crippen LogP contribution in [0.2, 0.25) is 0 Å². The van der Waals surface area contributed by atoms with E-state index in [4.69, 9.17) is 10.5 Å². The molecule has 0 unspecified atom stereocenters. The van der Waals surface area contributed by atoms with E-state index in [9.17, 15) is 0 Å². The van der Waals surface area contributed by atoms with Crippen LogP contribution in [0.1, 0.15) is 0 Å². The Morgan fingerprint density at radius 1 is 1.00 bits per heavy atom. The Morgan fingerprint density at radius 2 is 1.84 bits per heavy atom. The summed E-state index contributed by atoms with van der Waals surface area (Å²) >= 11 is 3.36. The van der Waals surface area contributed by atoms with Crippen LogP contribution in [0.4, 0.5) is 5.69 Å². The second-order valence-electron chi connectivity index (χ2n) is 4.13. The highest BCUT2D eigenvalue weighted by molar-refractivity contribution is 9.10. The van der Waals surface area contributed by atoms with E-state index in [1.165, 1.54) is 0 Å². The Bertz CT molecular complexity index is 743. The Hall–Kier alpha value is -2.07. The molecule has 0 radical (unpaired) electrons. The lowest BCUT2D eigenvalue weighted by Gasteiger charge is -2.08. The summed E-state index contributed by atoms with van der Waals surface area (Å²) in [4.78, 5) is 4.44. The van der Waals surface area contributed by atoms with Crippen molar-refractivity contribution in [3.63, 3.8) is 0 Å². The number of nitrogens with two attached hydrogens (primary N) is 1. The number of halogens is 1. The van der Waals surface area contributed by atoms with Crippen LogP contribution in [0.3, 0.4) is 0 Å². The molecule has 3 nitrogen and oxygen atoms in total. The molecule has 4 heteroatoms. The van der Waals surface area contributed by atoms with E-state index in [0.29, 0.717) is 17.3 Å². The first-order valence-corrected chi connectivity index (χ1v) is 6.60. The van der Waals surface area contributed by atoms with Crippen molar-refractivity contribution >= 4 is 32.5 Å². The van der Waals surface area contributed by atoms with E-state index in [-0.39, 0.29) is 0 Å². The van der Waals surface area contributed by atoms with Crippen LogP contribution in [0, 0.1) is 0 Å². The van der Waals surface area contributed by atoms with Gasteiger partial charge in [0.25, 0.3) is 0 Å². The van der Waals surface area contributed by atoms with E-state index in [1.807, 2.05) is 48.5 Å². The Kier molecular flexibility index (Phi) is 3.09. The number of nitrogen functional groups attached to an aromatic ring is 1. The molecular formula is C15H11BrN2O. The van der Waals surface area contributed by atoms with Crippen LogP contribution in [-0.2, 0) is 0 Å². The summed E-state index contributed by atoms with van der Waals surface area (Å²) in [6, 6.07) is 17.2. The maximum Gasteiger partial charge on any atom is 0.219 e. The molecule has 0 fully saturated rings. The summed E-state index contributed by atoms with van der Waals surface area (Å²) < 4.78 is 6.64. The van der Waals surface area contributed by atoms with E-state index in [1.54, 1.807) is 6.07 Å². The minimum atomic E-state index is 0.535. The van der Waals surface area contributed by atoms with Crippen molar-refractivity contribution < 1.29 is 4.74 Å². The van der Waals surface area contributed by atoms with Gasteiger partial charge in [0.15, 0.2) is 5.75 Å². The van der Waals surface area contributed by atoms with E-state index >= 15 is 0 Å². The molecule has 0 aliphatic heterocycles. The van der Waals surface area contributed by atoms with Gasteiger partial charge in [0.05, 0.1) is 11.2 Å². The zero-order chi connectivity index (χ0) is 13.2. The van der Waals surface area contributed by atoms with Gasteiger partial charge in [-0.2, -0.15) is 0 Å². The molecule has 0 bridgehead atoms. The molecule has 1 aromatic heterocycles. The first kappa shape index (κ1) is 12.0. The number of ether oxygens (including phenoxy) is 1. The largest absolute Gasteiger partial charge is 0.437 e. The molecule has 0 spiro atoms. The number of nitrogens with zero attached hydrogens (tertiary/aromatic N) is 1. The summed E-state index contributed by atoms with van der Waals surface area (Å²) in [5.41, 5.74) is 7.37. The molecule has 2 aromatic carbocycles. The number of hydrogen-bond donors (Lipinski definition) is 1. The number of benzene rings is 2. The zero-order valence-corrected chi connectivity index (χ0v) is 11.6. The van der Waals surface area contributed by atoms with Crippen LogP contribution < -0.4 is 10.5 Å². The molecule has 3 aromatic rings. The molecule has 1 heterocycles. The van der Waals surface area contributed by atoms with Gasteiger partial charge >= 0.3 is 0 Å². The molecule has 2 N–H and O–H groups in total. The maximum atomic E-state index is 5.90. The summed E-state index contributed by atoms with van der Waals surface area (Å²) in [7, 11) is 0. The van der Waals surface area contributed by atoms with Gasteiger partial charge in [-0.15, -0.1) is 0 Å². The van der Waals surface area contributed by atoms with Crippen LogP contribution >= 0.6 is 15.9 Å². The second kappa shape index (κ2) is 4.90. The Labute approximate surface area is 119 Å². The molecule has 0 amide bonds. The standard InChI is InChI=1S/C15H11BrN2O/c16-11-6-7-14(12(17)9-11)19-15-8-5-10-3-1-2-4-13(10)18-15/h1-9H,17H2. The Balaban J connectivity index is 1.96. The molecular weight excluding hydrogens is 304 g/mol. The Morgan fingerprint density at radius 3 is 2.68 bits per heavy atom. The highest BCUT2D eigenvalue weighted by Gasteiger charge is 2.04. The van der Waals surface area contributed by atoms with Crippen LogP contribution in [0.25, 0.3) is 10.9 Å². The van der Waals surface area contributed by atoms with Gasteiger partial charge in [0.2, 0.25) is 5.88 Å². The number of fused-ring (bicyclic) bond motifs is 1. The van der Waals surface area contributed by atoms with E-state index < -0.39 is 0 Å². The molecule has 0 aliphatic carbocycles. The third-order valence-corrected chi connectivity index (χ3v) is 3.25. The molecule has 0 atom stereocenters. The van der Waals surface area contributed by atoms with Crippen molar-refractivity contribution in [2.24, 2.45) is 0 Å². The fourth-order valence-corrected chi connectivity index (χ4v) is 2.21. The lowest BCUT2D eigenvalue weighted by Crippen LogP contribution is -1.93. The molecule has 0 aliphatic rings. The predicted molar refractivity (Wildman–Crippen MR) is 80.4 cm³/mol. The zero-order valence-electron chi connectivity index (χ0n) is 10.0. The minimum Gasteiger partial charge on any atom is -0.437 e. The summed E-state index contributed by atoms with van der Waals surface area (Å²) in [6.45, 7) is 0. The summed E-state index contributed by atoms with van der Waals surface area (Å²) in [5, 5.41) is 1.08. The fraction of sp³-hybridized carbons (Fsp3) is 0. The first-order chi connectivity index (χ1) is 9.22. The average Bonchev–Trinajstić information content (AvgIpc) is 2.42. The van der Waals surface area contributed by atoms with Crippen molar-refractivity contribution in [3.05, 3.63) is 59.1 Å². The fourth-order valence-electron chi connectivity index (χ4n) is 1.83. The third-order valence-electron chi connectivity index (χ3n) is 2.76. The van der Waals surface area contributed by atoms with Gasteiger partial charge in [-0.3, -0.25) is 0 Å². The molecule has 3 rings (SSSR count). The number of pyridine rings is 1. The SMILES string of the molecule is Nc1cc(Br)ccc1Oc1ccc2ccccc2n1. The van der Waals surface area contributed by atoms with Gasteiger partial charge < -0.3 is 10.5 Å². The van der Waals surface area contributed by atoms with Crippen molar-refractivity contribution in [3.8, 4) is 11.6 Å². The minimum absolute atomic E-state index is 0.535. The molecule has 0 saturated heterocycles. The van der Waals surface area contributed by atoms with Gasteiger partial charge in [0, 0.05) is 15.9 Å². The first-order valence-electron chi connectivity index (χ1n) is 5.81. The quantitative estimate of drug-likeness (QED) is 0.714. The van der Waals surface area contributed by atoms with Gasteiger partial charge in [-0.05, 0) is 30.3 Å². The highest BCUT2D eigenvalue weighted by Crippen LogP contribution is 2.29. The van der Waals surface area contributed by atoms with Crippen molar-refractivity contribution in [1.82, 2.24) is 4.98 Å². The number of anilines is 1. The smallest absolute Gasteiger partial charge is 0.219 e. The third kappa shape index (κ3) is 2.53. The average molecular weight is 315 g/mol. The number of para-hydroxylation sites is 1. The van der Waals surface area contributed by atoms with Gasteiger partial charge in [0.1, 0.15) is 0 Å². The summed E-state index contributed by atoms with van der Waals surface area (Å²) in [6.07, 6.45) is 0. The predicted octanol–water partition coefficient (Wildman–Crippen LogP) is 4.37. The topological polar surface area (TPSA) is 48.1 Å². The van der Waals surface area contributed by atoms with Crippen LogP contribution in [0.5, 0.6) is 11.6 Å².